The highest BCUT2D eigenvalue weighted by Crippen LogP contribution is 2.22. The van der Waals surface area contributed by atoms with Crippen LogP contribution in [0.2, 0.25) is 5.02 Å². The average Bonchev–Trinajstić information content (AvgIpc) is 2.22. The number of aliphatic carboxylic acids is 1. The molecule has 0 aromatic heterocycles. The summed E-state index contributed by atoms with van der Waals surface area (Å²) in [6.45, 7) is 0.117. The van der Waals surface area contributed by atoms with Crippen LogP contribution in [0.15, 0.2) is 24.3 Å². The van der Waals surface area contributed by atoms with Gasteiger partial charge in [-0.25, -0.2) is 8.42 Å². The lowest BCUT2D eigenvalue weighted by atomic mass is 10.3. The fourth-order valence-electron chi connectivity index (χ4n) is 1.49. The van der Waals surface area contributed by atoms with Crippen LogP contribution >= 0.6 is 11.6 Å². The lowest BCUT2D eigenvalue weighted by Crippen LogP contribution is -2.31. The first-order chi connectivity index (χ1) is 8.30. The average molecular weight is 292 g/mol. The van der Waals surface area contributed by atoms with Gasteiger partial charge in [-0.2, -0.15) is 0 Å². The van der Waals surface area contributed by atoms with Gasteiger partial charge in [-0.3, -0.25) is 9.10 Å². The van der Waals surface area contributed by atoms with Gasteiger partial charge in [0, 0.05) is 18.0 Å². The number of anilines is 1. The van der Waals surface area contributed by atoms with Crippen molar-refractivity contribution in [1.29, 1.82) is 0 Å². The molecule has 5 nitrogen and oxygen atoms in total. The van der Waals surface area contributed by atoms with E-state index in [1.807, 2.05) is 0 Å². The maximum Gasteiger partial charge on any atom is 0.303 e. The Morgan fingerprint density at radius 1 is 1.44 bits per heavy atom. The number of carboxylic acid groups (broad SMARTS) is 1. The molecule has 0 heterocycles. The van der Waals surface area contributed by atoms with E-state index in [9.17, 15) is 13.2 Å². The molecule has 1 aromatic carbocycles. The maximum absolute atomic E-state index is 11.7. The third-order valence-electron chi connectivity index (χ3n) is 2.25. The molecule has 1 aromatic rings. The first-order valence-corrected chi connectivity index (χ1v) is 7.48. The summed E-state index contributed by atoms with van der Waals surface area (Å²) in [6.07, 6.45) is 1.25. The van der Waals surface area contributed by atoms with E-state index in [0.29, 0.717) is 10.7 Å². The molecule has 0 aliphatic carbocycles. The topological polar surface area (TPSA) is 74.7 Å². The molecular formula is C11H14ClNO4S. The minimum absolute atomic E-state index is 0.0768. The summed E-state index contributed by atoms with van der Waals surface area (Å²) in [6, 6.07) is 6.44. The number of rotatable bonds is 6. The Morgan fingerprint density at radius 3 is 2.61 bits per heavy atom. The second-order valence-electron chi connectivity index (χ2n) is 3.81. The van der Waals surface area contributed by atoms with Crippen molar-refractivity contribution in [2.75, 3.05) is 17.1 Å². The summed E-state index contributed by atoms with van der Waals surface area (Å²) in [5, 5.41) is 8.98. The third-order valence-corrected chi connectivity index (χ3v) is 3.68. The van der Waals surface area contributed by atoms with E-state index < -0.39 is 16.0 Å². The molecule has 0 atom stereocenters. The largest absolute Gasteiger partial charge is 0.481 e. The predicted molar refractivity (Wildman–Crippen MR) is 70.5 cm³/mol. The summed E-state index contributed by atoms with van der Waals surface area (Å²) in [7, 11) is -3.45. The summed E-state index contributed by atoms with van der Waals surface area (Å²) in [4.78, 5) is 10.4. The molecule has 1 rings (SSSR count). The van der Waals surface area contributed by atoms with E-state index >= 15 is 0 Å². The van der Waals surface area contributed by atoms with Gasteiger partial charge in [-0.15, -0.1) is 0 Å². The van der Waals surface area contributed by atoms with Crippen molar-refractivity contribution < 1.29 is 18.3 Å². The number of benzene rings is 1. The normalized spacial score (nSPS) is 11.2. The van der Waals surface area contributed by atoms with Crippen LogP contribution in [-0.4, -0.2) is 32.3 Å². The van der Waals surface area contributed by atoms with Gasteiger partial charge in [0.15, 0.2) is 0 Å². The first kappa shape index (κ1) is 14.8. The standard InChI is InChI=1S/C11H14ClNO4S/c1-18(16,17)13(7-3-6-11(14)15)10-5-2-4-9(12)8-10/h2,4-5,8H,3,6-7H2,1H3,(H,14,15). The Labute approximate surface area is 111 Å². The zero-order valence-corrected chi connectivity index (χ0v) is 11.4. The van der Waals surface area contributed by atoms with E-state index in [1.54, 1.807) is 18.2 Å². The zero-order chi connectivity index (χ0) is 13.8. The molecule has 0 saturated carbocycles. The summed E-state index contributed by atoms with van der Waals surface area (Å²) in [5.74, 6) is -0.949. The van der Waals surface area contributed by atoms with Gasteiger partial charge in [0.25, 0.3) is 0 Å². The number of carboxylic acids is 1. The molecule has 0 amide bonds. The fourth-order valence-corrected chi connectivity index (χ4v) is 2.63. The highest BCUT2D eigenvalue weighted by molar-refractivity contribution is 7.92. The van der Waals surface area contributed by atoms with Gasteiger partial charge in [0.1, 0.15) is 0 Å². The minimum atomic E-state index is -3.45. The Bertz CT molecular complexity index is 530. The van der Waals surface area contributed by atoms with Crippen molar-refractivity contribution in [3.05, 3.63) is 29.3 Å². The van der Waals surface area contributed by atoms with Crippen LogP contribution in [0, 0.1) is 0 Å². The molecule has 0 radical (unpaired) electrons. The van der Waals surface area contributed by atoms with E-state index in [4.69, 9.17) is 16.7 Å². The van der Waals surface area contributed by atoms with Crippen LogP contribution in [0.5, 0.6) is 0 Å². The van der Waals surface area contributed by atoms with E-state index in [2.05, 4.69) is 0 Å². The van der Waals surface area contributed by atoms with Crippen LogP contribution in [-0.2, 0) is 14.8 Å². The number of sulfonamides is 1. The molecule has 0 bridgehead atoms. The molecule has 7 heteroatoms. The van der Waals surface area contributed by atoms with Gasteiger partial charge in [0.2, 0.25) is 10.0 Å². The number of hydrogen-bond acceptors (Lipinski definition) is 3. The SMILES string of the molecule is CS(=O)(=O)N(CCCC(=O)O)c1cccc(Cl)c1. The van der Waals surface area contributed by atoms with Crippen molar-refractivity contribution in [3.8, 4) is 0 Å². The van der Waals surface area contributed by atoms with Gasteiger partial charge in [-0.05, 0) is 24.6 Å². The van der Waals surface area contributed by atoms with Crippen LogP contribution in [0.1, 0.15) is 12.8 Å². The van der Waals surface area contributed by atoms with Crippen LogP contribution in [0.3, 0.4) is 0 Å². The van der Waals surface area contributed by atoms with E-state index in [1.165, 1.54) is 6.07 Å². The molecule has 100 valence electrons. The van der Waals surface area contributed by atoms with Gasteiger partial charge < -0.3 is 5.11 Å². The van der Waals surface area contributed by atoms with Crippen LogP contribution in [0.4, 0.5) is 5.69 Å². The Morgan fingerprint density at radius 2 is 2.11 bits per heavy atom. The molecule has 0 aliphatic heterocycles. The van der Waals surface area contributed by atoms with Crippen molar-refractivity contribution >= 4 is 33.3 Å². The number of hydrogen-bond donors (Lipinski definition) is 1. The highest BCUT2D eigenvalue weighted by atomic mass is 35.5. The smallest absolute Gasteiger partial charge is 0.303 e. The van der Waals surface area contributed by atoms with Crippen molar-refractivity contribution in [1.82, 2.24) is 0 Å². The van der Waals surface area contributed by atoms with Crippen molar-refractivity contribution in [2.45, 2.75) is 12.8 Å². The Balaban J connectivity index is 2.89. The molecule has 0 unspecified atom stereocenters. The van der Waals surface area contributed by atoms with Crippen LogP contribution in [0.25, 0.3) is 0 Å². The number of nitrogens with zero attached hydrogens (tertiary/aromatic N) is 1. The third kappa shape index (κ3) is 4.54. The molecule has 0 saturated heterocycles. The second kappa shape index (κ2) is 6.06. The molecular weight excluding hydrogens is 278 g/mol. The lowest BCUT2D eigenvalue weighted by molar-refractivity contribution is -0.137. The Hall–Kier alpha value is -1.27. The number of carbonyl (C=O) groups is 1. The predicted octanol–water partition coefficient (Wildman–Crippen LogP) is 1.97. The lowest BCUT2D eigenvalue weighted by Gasteiger charge is -2.22. The van der Waals surface area contributed by atoms with Gasteiger partial charge >= 0.3 is 5.97 Å². The van der Waals surface area contributed by atoms with Crippen molar-refractivity contribution in [3.63, 3.8) is 0 Å². The highest BCUT2D eigenvalue weighted by Gasteiger charge is 2.17. The quantitative estimate of drug-likeness (QED) is 0.869. The monoisotopic (exact) mass is 291 g/mol. The number of halogens is 1. The molecule has 0 fully saturated rings. The summed E-state index contributed by atoms with van der Waals surface area (Å²) in [5.41, 5.74) is 0.440. The van der Waals surface area contributed by atoms with Crippen molar-refractivity contribution in [2.24, 2.45) is 0 Å². The van der Waals surface area contributed by atoms with Crippen LogP contribution < -0.4 is 4.31 Å². The molecule has 0 spiro atoms. The molecule has 18 heavy (non-hydrogen) atoms. The van der Waals surface area contributed by atoms with Gasteiger partial charge in [0.05, 0.1) is 11.9 Å². The second-order valence-corrected chi connectivity index (χ2v) is 6.16. The maximum atomic E-state index is 11.7. The molecule has 1 N–H and O–H groups in total. The minimum Gasteiger partial charge on any atom is -0.481 e. The Kier molecular flexibility index (Phi) is 4.98. The zero-order valence-electron chi connectivity index (χ0n) is 9.84. The fraction of sp³-hybridized carbons (Fsp3) is 0.364. The van der Waals surface area contributed by atoms with E-state index in [0.717, 1.165) is 10.6 Å². The molecule has 0 aliphatic rings. The van der Waals surface area contributed by atoms with E-state index in [-0.39, 0.29) is 19.4 Å². The first-order valence-electron chi connectivity index (χ1n) is 5.26. The summed E-state index contributed by atoms with van der Waals surface area (Å²) < 4.78 is 24.5. The summed E-state index contributed by atoms with van der Waals surface area (Å²) >= 11 is 5.81. The van der Waals surface area contributed by atoms with Gasteiger partial charge in [-0.1, -0.05) is 17.7 Å².